The van der Waals surface area contributed by atoms with Gasteiger partial charge in [0.05, 0.1) is 12.7 Å². The van der Waals surface area contributed by atoms with Crippen LogP contribution in [-0.2, 0) is 12.6 Å². The molecule has 0 radical (unpaired) electrons. The first-order valence-corrected chi connectivity index (χ1v) is 5.31. The van der Waals surface area contributed by atoms with E-state index in [1.54, 1.807) is 13.8 Å². The average molecular weight is 263 g/mol. The number of methoxy groups -OCH3 is 1. The number of phenolic OH excluding ortho intramolecular Hbond substituents is 1. The van der Waals surface area contributed by atoms with Crippen molar-refractivity contribution in [2.45, 2.75) is 32.0 Å². The van der Waals surface area contributed by atoms with Crippen LogP contribution >= 0.6 is 0 Å². The third-order valence-corrected chi connectivity index (χ3v) is 2.40. The minimum absolute atomic E-state index is 0.00208. The number of hydrogen-bond acceptors (Lipinski definition) is 3. The summed E-state index contributed by atoms with van der Waals surface area (Å²) in [5.74, 6) is -0.506. The zero-order valence-electron chi connectivity index (χ0n) is 10.4. The summed E-state index contributed by atoms with van der Waals surface area (Å²) < 4.78 is 43.3. The van der Waals surface area contributed by atoms with E-state index in [2.05, 4.69) is 0 Å². The maximum absolute atomic E-state index is 12.8. The van der Waals surface area contributed by atoms with Crippen LogP contribution < -0.4 is 10.5 Å². The van der Waals surface area contributed by atoms with Crippen LogP contribution in [0.15, 0.2) is 12.1 Å². The van der Waals surface area contributed by atoms with Crippen molar-refractivity contribution in [3.05, 3.63) is 23.3 Å². The number of nitrogens with two attached hydrogens (primary N) is 1. The Labute approximate surface area is 103 Å². The lowest BCUT2D eigenvalue weighted by molar-refractivity contribution is -0.138. The second kappa shape index (κ2) is 4.68. The molecule has 0 saturated heterocycles. The van der Waals surface area contributed by atoms with Crippen molar-refractivity contribution in [2.24, 2.45) is 5.73 Å². The van der Waals surface area contributed by atoms with Crippen LogP contribution in [0, 0.1) is 0 Å². The first kappa shape index (κ1) is 14.6. The van der Waals surface area contributed by atoms with Gasteiger partial charge in [0.15, 0.2) is 11.5 Å². The molecule has 0 aliphatic carbocycles. The van der Waals surface area contributed by atoms with E-state index in [4.69, 9.17) is 10.5 Å². The van der Waals surface area contributed by atoms with Gasteiger partial charge in [-0.3, -0.25) is 0 Å². The lowest BCUT2D eigenvalue weighted by Gasteiger charge is -2.23. The zero-order chi connectivity index (χ0) is 14.1. The molecular formula is C12H16F3NO2. The molecule has 0 spiro atoms. The van der Waals surface area contributed by atoms with E-state index >= 15 is 0 Å². The fourth-order valence-corrected chi connectivity index (χ4v) is 1.68. The topological polar surface area (TPSA) is 55.5 Å². The van der Waals surface area contributed by atoms with Gasteiger partial charge in [0, 0.05) is 11.1 Å². The quantitative estimate of drug-likeness (QED) is 0.881. The first-order chi connectivity index (χ1) is 8.06. The number of benzene rings is 1. The Kier molecular flexibility index (Phi) is 3.81. The highest BCUT2D eigenvalue weighted by molar-refractivity contribution is 5.51. The fraction of sp³-hybridized carbons (Fsp3) is 0.500. The van der Waals surface area contributed by atoms with Gasteiger partial charge in [-0.05, 0) is 32.4 Å². The summed E-state index contributed by atoms with van der Waals surface area (Å²) in [6.07, 6.45) is -4.64. The van der Waals surface area contributed by atoms with Crippen molar-refractivity contribution >= 4 is 0 Å². The van der Waals surface area contributed by atoms with Gasteiger partial charge in [-0.15, -0.1) is 0 Å². The van der Waals surface area contributed by atoms with Crippen LogP contribution in [-0.4, -0.2) is 17.8 Å². The highest BCUT2D eigenvalue weighted by Gasteiger charge is 2.36. The molecule has 1 aromatic rings. The molecule has 0 fully saturated rings. The Hall–Kier alpha value is -1.43. The molecule has 0 unspecified atom stereocenters. The SMILES string of the molecule is COc1ccc(C(F)(F)F)c(CC(C)(C)N)c1O. The summed E-state index contributed by atoms with van der Waals surface area (Å²) >= 11 is 0. The lowest BCUT2D eigenvalue weighted by atomic mass is 9.91. The van der Waals surface area contributed by atoms with Crippen molar-refractivity contribution in [3.63, 3.8) is 0 Å². The maximum Gasteiger partial charge on any atom is 0.416 e. The van der Waals surface area contributed by atoms with Gasteiger partial charge in [-0.1, -0.05) is 0 Å². The maximum atomic E-state index is 12.8. The molecule has 3 nitrogen and oxygen atoms in total. The number of halogens is 3. The molecule has 0 atom stereocenters. The first-order valence-electron chi connectivity index (χ1n) is 5.31. The Morgan fingerprint density at radius 3 is 2.22 bits per heavy atom. The normalized spacial score (nSPS) is 12.6. The summed E-state index contributed by atoms with van der Waals surface area (Å²) in [7, 11) is 1.28. The van der Waals surface area contributed by atoms with Gasteiger partial charge in [0.1, 0.15) is 0 Å². The smallest absolute Gasteiger partial charge is 0.416 e. The molecule has 0 bridgehead atoms. The van der Waals surface area contributed by atoms with E-state index in [1.165, 1.54) is 7.11 Å². The predicted molar refractivity (Wildman–Crippen MR) is 61.6 cm³/mol. The molecule has 102 valence electrons. The Balaban J connectivity index is 3.41. The van der Waals surface area contributed by atoms with E-state index in [-0.39, 0.29) is 17.7 Å². The predicted octanol–water partition coefficient (Wildman–Crippen LogP) is 2.70. The monoisotopic (exact) mass is 263 g/mol. The molecule has 0 saturated carbocycles. The van der Waals surface area contributed by atoms with Crippen molar-refractivity contribution in [2.75, 3.05) is 7.11 Å². The van der Waals surface area contributed by atoms with Gasteiger partial charge in [-0.25, -0.2) is 0 Å². The molecule has 0 aliphatic heterocycles. The Morgan fingerprint density at radius 1 is 1.28 bits per heavy atom. The number of phenols is 1. The molecular weight excluding hydrogens is 247 g/mol. The Morgan fingerprint density at radius 2 is 1.83 bits per heavy atom. The molecule has 1 aromatic carbocycles. The van der Waals surface area contributed by atoms with E-state index in [1.807, 2.05) is 0 Å². The van der Waals surface area contributed by atoms with Gasteiger partial charge < -0.3 is 15.6 Å². The van der Waals surface area contributed by atoms with Crippen molar-refractivity contribution in [1.82, 2.24) is 0 Å². The Bertz CT molecular complexity index is 436. The fourth-order valence-electron chi connectivity index (χ4n) is 1.68. The van der Waals surface area contributed by atoms with E-state index in [9.17, 15) is 18.3 Å². The third kappa shape index (κ3) is 3.29. The number of ether oxygens (including phenoxy) is 1. The summed E-state index contributed by atoms with van der Waals surface area (Å²) in [4.78, 5) is 0. The molecule has 0 aliphatic rings. The van der Waals surface area contributed by atoms with Crippen molar-refractivity contribution < 1.29 is 23.0 Å². The number of alkyl halides is 3. The van der Waals surface area contributed by atoms with Gasteiger partial charge in [0.2, 0.25) is 0 Å². The molecule has 1 rings (SSSR count). The summed E-state index contributed by atoms with van der Waals surface area (Å²) in [5, 5.41) is 9.82. The second-order valence-corrected chi connectivity index (χ2v) is 4.81. The highest BCUT2D eigenvalue weighted by atomic mass is 19.4. The summed E-state index contributed by atoms with van der Waals surface area (Å²) in [6.45, 7) is 3.18. The van der Waals surface area contributed by atoms with Gasteiger partial charge in [-0.2, -0.15) is 13.2 Å². The average Bonchev–Trinajstić information content (AvgIpc) is 2.17. The lowest BCUT2D eigenvalue weighted by Crippen LogP contribution is -2.35. The molecule has 18 heavy (non-hydrogen) atoms. The highest BCUT2D eigenvalue weighted by Crippen LogP contribution is 2.41. The van der Waals surface area contributed by atoms with Crippen LogP contribution in [0.4, 0.5) is 13.2 Å². The summed E-state index contributed by atoms with van der Waals surface area (Å²) in [6, 6.07) is 1.98. The number of rotatable bonds is 3. The largest absolute Gasteiger partial charge is 0.504 e. The third-order valence-electron chi connectivity index (χ3n) is 2.40. The van der Waals surface area contributed by atoms with E-state index in [0.29, 0.717) is 0 Å². The standard InChI is InChI=1S/C12H16F3NO2/c1-11(2,16)6-7-8(12(13,14)15)4-5-9(18-3)10(7)17/h4-5,17H,6,16H2,1-3H3. The van der Waals surface area contributed by atoms with Crippen LogP contribution in [0.3, 0.4) is 0 Å². The van der Waals surface area contributed by atoms with E-state index < -0.39 is 23.0 Å². The molecule has 6 heteroatoms. The van der Waals surface area contributed by atoms with Gasteiger partial charge >= 0.3 is 6.18 Å². The van der Waals surface area contributed by atoms with E-state index in [0.717, 1.165) is 12.1 Å². The molecule has 3 N–H and O–H groups in total. The van der Waals surface area contributed by atoms with Crippen molar-refractivity contribution in [3.8, 4) is 11.5 Å². The molecule has 0 aromatic heterocycles. The zero-order valence-corrected chi connectivity index (χ0v) is 10.4. The number of hydrogen-bond donors (Lipinski definition) is 2. The summed E-state index contributed by atoms with van der Waals surface area (Å²) in [5.41, 5.74) is 3.72. The van der Waals surface area contributed by atoms with Crippen molar-refractivity contribution in [1.29, 1.82) is 0 Å². The van der Waals surface area contributed by atoms with Crippen LogP contribution in [0.2, 0.25) is 0 Å². The minimum Gasteiger partial charge on any atom is -0.504 e. The minimum atomic E-state index is -4.54. The van der Waals surface area contributed by atoms with Crippen LogP contribution in [0.5, 0.6) is 11.5 Å². The number of aromatic hydroxyl groups is 1. The van der Waals surface area contributed by atoms with Crippen LogP contribution in [0.1, 0.15) is 25.0 Å². The molecule has 0 heterocycles. The van der Waals surface area contributed by atoms with Gasteiger partial charge in [0.25, 0.3) is 0 Å². The molecule has 0 amide bonds. The second-order valence-electron chi connectivity index (χ2n) is 4.81. The van der Waals surface area contributed by atoms with Crippen LogP contribution in [0.25, 0.3) is 0 Å².